The summed E-state index contributed by atoms with van der Waals surface area (Å²) in [6.45, 7) is 10.3. The van der Waals surface area contributed by atoms with Crippen molar-refractivity contribution in [2.45, 2.75) is 191 Å². The van der Waals surface area contributed by atoms with Gasteiger partial charge in [-0.05, 0) is 163 Å². The van der Waals surface area contributed by atoms with Crippen molar-refractivity contribution in [2.75, 3.05) is 32.7 Å². The van der Waals surface area contributed by atoms with Crippen LogP contribution in [-0.2, 0) is 67.4 Å². The van der Waals surface area contributed by atoms with E-state index < -0.39 is 135 Å². The van der Waals surface area contributed by atoms with Crippen LogP contribution in [0.5, 0.6) is 0 Å². The summed E-state index contributed by atoms with van der Waals surface area (Å²) in [5, 5.41) is 19.6. The van der Waals surface area contributed by atoms with Gasteiger partial charge in [-0.2, -0.15) is 17.5 Å². The Hall–Kier alpha value is -7.04. The van der Waals surface area contributed by atoms with Crippen molar-refractivity contribution < 1.29 is 59.9 Å². The molecule has 27 heteroatoms. The van der Waals surface area contributed by atoms with E-state index in [1.165, 1.54) is 0 Å². The van der Waals surface area contributed by atoms with Crippen molar-refractivity contribution in [1.82, 2.24) is 41.5 Å². The Morgan fingerprint density at radius 1 is 0.467 bits per heavy atom. The third-order valence-corrected chi connectivity index (χ3v) is 16.5. The van der Waals surface area contributed by atoms with Crippen molar-refractivity contribution in [2.24, 2.45) is 46.4 Å². The topological polar surface area (TPSA) is 388 Å². The normalized spacial score (nSPS) is 14.5. The van der Waals surface area contributed by atoms with Crippen LogP contribution in [0.4, 0.5) is 13.2 Å². The summed E-state index contributed by atoms with van der Waals surface area (Å²) in [7, 11) is -4.73. The molecular weight excluding hydrogens is 1190 g/mol. The molecule has 0 aliphatic heterocycles. The average Bonchev–Trinajstić information content (AvgIpc) is 0.845. The Labute approximate surface area is 528 Å². The SMILES string of the molecule is CC(C)C[C@H](NC(=O)[C@H](CC(C)C)NC(=O)[C@H](CCCCN)NC(=O)[C@H](CC(C)C)NC(=O)[C@@H](N)Cc1ccccc1)C(=O)N[C@@H](CCCCN)C(=O)N[C@@H](CCCCN)C(=O)N[C@@H](Cc1ccccc1)CN(CC(N)=O)S(=O)(=O)c1ccc(C(F)(F)F)cc1. The van der Waals surface area contributed by atoms with E-state index in [2.05, 4.69) is 37.2 Å². The highest BCUT2D eigenvalue weighted by atomic mass is 32.2. The molecule has 8 atom stereocenters. The van der Waals surface area contributed by atoms with E-state index in [9.17, 15) is 59.9 Å². The smallest absolute Gasteiger partial charge is 0.369 e. The molecule has 0 fully saturated rings. The number of nitrogens with two attached hydrogens (primary N) is 5. The molecule has 90 heavy (non-hydrogen) atoms. The molecule has 0 heterocycles. The molecule has 0 radical (unpaired) electrons. The fraction of sp³-hybridized carbons (Fsp3) is 0.587. The molecular formula is C63H98F3N13O10S. The van der Waals surface area contributed by atoms with Gasteiger partial charge < -0.3 is 65.9 Å². The molecule has 0 aliphatic rings. The molecule has 0 saturated heterocycles. The third-order valence-electron chi connectivity index (χ3n) is 14.6. The van der Waals surface area contributed by atoms with Crippen molar-refractivity contribution in [3.63, 3.8) is 0 Å². The highest BCUT2D eigenvalue weighted by Gasteiger charge is 2.37. The Bertz CT molecular complexity index is 2840. The number of carbonyl (C=O) groups excluding carboxylic acids is 8. The maximum atomic E-state index is 14.6. The molecule has 23 nitrogen and oxygen atoms in total. The lowest BCUT2D eigenvalue weighted by atomic mass is 9.98. The van der Waals surface area contributed by atoms with Gasteiger partial charge in [0.05, 0.1) is 23.0 Å². The zero-order chi connectivity index (χ0) is 67.1. The van der Waals surface area contributed by atoms with Crippen molar-refractivity contribution in [3.05, 3.63) is 102 Å². The first-order valence-electron chi connectivity index (χ1n) is 31.0. The van der Waals surface area contributed by atoms with E-state index in [1.54, 1.807) is 30.3 Å². The lowest BCUT2D eigenvalue weighted by Gasteiger charge is -2.30. The number of hydrogen-bond acceptors (Lipinski definition) is 14. The Kier molecular flexibility index (Phi) is 33.7. The minimum atomic E-state index is -4.77. The number of rotatable bonds is 42. The van der Waals surface area contributed by atoms with Gasteiger partial charge in [0.25, 0.3) is 0 Å². The quantitative estimate of drug-likeness (QED) is 0.0363. The predicted molar refractivity (Wildman–Crippen MR) is 338 cm³/mol. The van der Waals surface area contributed by atoms with Gasteiger partial charge in [0.2, 0.25) is 57.3 Å². The van der Waals surface area contributed by atoms with Gasteiger partial charge in [-0.3, -0.25) is 38.4 Å². The second-order valence-corrected chi connectivity index (χ2v) is 26.0. The minimum absolute atomic E-state index is 0.0106. The van der Waals surface area contributed by atoms with Crippen molar-refractivity contribution in [1.29, 1.82) is 0 Å². The summed E-state index contributed by atoms with van der Waals surface area (Å²) in [5.74, 6) is -6.49. The van der Waals surface area contributed by atoms with E-state index in [0.29, 0.717) is 67.1 Å². The van der Waals surface area contributed by atoms with Gasteiger partial charge in [-0.25, -0.2) is 8.42 Å². The highest BCUT2D eigenvalue weighted by molar-refractivity contribution is 7.89. The van der Waals surface area contributed by atoms with E-state index in [-0.39, 0.29) is 82.2 Å². The Morgan fingerprint density at radius 2 is 0.800 bits per heavy atom. The molecule has 17 N–H and O–H groups in total. The summed E-state index contributed by atoms with van der Waals surface area (Å²) in [6.07, 6.45) is -1.59. The number of amides is 8. The van der Waals surface area contributed by atoms with Gasteiger partial charge in [0, 0.05) is 12.6 Å². The molecule has 0 aliphatic carbocycles. The summed E-state index contributed by atoms with van der Waals surface area (Å²) < 4.78 is 69.2. The molecule has 502 valence electrons. The number of sulfonamides is 1. The van der Waals surface area contributed by atoms with Crippen LogP contribution in [0.2, 0.25) is 0 Å². The maximum Gasteiger partial charge on any atom is 0.416 e. The molecule has 0 spiro atoms. The third kappa shape index (κ3) is 28.0. The first-order valence-corrected chi connectivity index (χ1v) is 32.4. The Balaban J connectivity index is 1.94. The van der Waals surface area contributed by atoms with Gasteiger partial charge in [-0.1, -0.05) is 102 Å². The first kappa shape index (κ1) is 77.2. The van der Waals surface area contributed by atoms with E-state index in [0.717, 1.165) is 17.7 Å². The monoisotopic (exact) mass is 1290 g/mol. The number of benzene rings is 3. The van der Waals surface area contributed by atoms with E-state index in [1.807, 2.05) is 71.9 Å². The first-order chi connectivity index (χ1) is 42.5. The van der Waals surface area contributed by atoms with E-state index >= 15 is 0 Å². The summed E-state index contributed by atoms with van der Waals surface area (Å²) in [6, 6.07) is 10.9. The van der Waals surface area contributed by atoms with Crippen LogP contribution in [0.15, 0.2) is 89.8 Å². The highest BCUT2D eigenvalue weighted by Crippen LogP contribution is 2.30. The standard InChI is InChI=1S/C63H98F3N13O10S/c1-40(2)33-52(76-56(81)48(70)37-44-21-11-8-12-22-44)60(85)75-51(25-15-18-32-69)59(84)77-54(35-42(5)6)62(87)78-53(34-41(3)4)61(86)74-50(24-14-17-31-68)58(83)73-49(23-13-16-30-67)57(82)72-46(36-43-19-9-7-10-20-43)38-79(39-55(71)80)90(88,89)47-28-26-45(27-29-47)63(64,65)66/h7-12,19-22,26-29,40-42,46,48-54H,13-18,23-25,30-39,67-70H2,1-6H3,(H2,71,80)(H,72,82)(H,73,83)(H,74,86)(H,75,85)(H,76,81)(H,77,84)(H,78,87)/t46-,48-,49-,50-,51-,52-,53-,54-/m0/s1. The molecule has 8 amide bonds. The second kappa shape index (κ2) is 39.3. The van der Waals surface area contributed by atoms with Crippen LogP contribution in [0.25, 0.3) is 0 Å². The zero-order valence-electron chi connectivity index (χ0n) is 52.8. The number of unbranched alkanes of at least 4 members (excludes halogenated alkanes) is 3. The van der Waals surface area contributed by atoms with E-state index in [4.69, 9.17) is 28.7 Å². The summed E-state index contributed by atoms with van der Waals surface area (Å²) >= 11 is 0. The molecule has 3 rings (SSSR count). The van der Waals surface area contributed by atoms with Crippen LogP contribution in [0.1, 0.15) is 135 Å². The Morgan fingerprint density at radius 3 is 1.14 bits per heavy atom. The number of nitrogens with one attached hydrogen (secondary N) is 7. The fourth-order valence-corrected chi connectivity index (χ4v) is 11.4. The number of hydrogen-bond donors (Lipinski definition) is 12. The van der Waals surface area contributed by atoms with Crippen LogP contribution in [0.3, 0.4) is 0 Å². The van der Waals surface area contributed by atoms with Gasteiger partial charge in [-0.15, -0.1) is 0 Å². The number of primary amides is 1. The van der Waals surface area contributed by atoms with Crippen LogP contribution < -0.4 is 65.9 Å². The maximum absolute atomic E-state index is 14.6. The number of halogens is 3. The lowest BCUT2D eigenvalue weighted by Crippen LogP contribution is -2.60. The number of alkyl halides is 3. The molecule has 3 aromatic rings. The minimum Gasteiger partial charge on any atom is -0.369 e. The zero-order valence-corrected chi connectivity index (χ0v) is 53.6. The van der Waals surface area contributed by atoms with Gasteiger partial charge >= 0.3 is 6.18 Å². The molecule has 3 aromatic carbocycles. The lowest BCUT2D eigenvalue weighted by molar-refractivity contribution is -0.137. The number of carbonyl (C=O) groups is 8. The summed E-state index contributed by atoms with van der Waals surface area (Å²) in [4.78, 5) is 112. The number of nitrogens with zero attached hydrogens (tertiary/aromatic N) is 1. The average molecular weight is 1290 g/mol. The van der Waals surface area contributed by atoms with Crippen molar-refractivity contribution >= 4 is 57.3 Å². The van der Waals surface area contributed by atoms with Crippen LogP contribution >= 0.6 is 0 Å². The largest absolute Gasteiger partial charge is 0.416 e. The van der Waals surface area contributed by atoms with Crippen LogP contribution in [0, 0.1) is 17.8 Å². The molecule has 0 saturated carbocycles. The fourth-order valence-electron chi connectivity index (χ4n) is 9.99. The van der Waals surface area contributed by atoms with Gasteiger partial charge in [0.15, 0.2) is 0 Å². The molecule has 0 aromatic heterocycles. The van der Waals surface area contributed by atoms with Crippen LogP contribution in [-0.4, -0.2) is 141 Å². The summed E-state index contributed by atoms with van der Waals surface area (Å²) in [5.41, 5.74) is 29.6. The molecule has 0 bridgehead atoms. The van der Waals surface area contributed by atoms with Crippen molar-refractivity contribution in [3.8, 4) is 0 Å². The second-order valence-electron chi connectivity index (χ2n) is 24.1. The predicted octanol–water partition coefficient (Wildman–Crippen LogP) is 2.91. The molecule has 0 unspecified atom stereocenters. The van der Waals surface area contributed by atoms with Gasteiger partial charge in [0.1, 0.15) is 36.3 Å².